The van der Waals surface area contributed by atoms with Crippen molar-refractivity contribution in [2.24, 2.45) is 17.3 Å². The van der Waals surface area contributed by atoms with Gasteiger partial charge in [-0.25, -0.2) is 0 Å². The second-order valence-electron chi connectivity index (χ2n) is 7.64. The Kier molecular flexibility index (Phi) is 2.52. The smallest absolute Gasteiger partial charge is 0.163 e. The van der Waals surface area contributed by atoms with Gasteiger partial charge in [-0.1, -0.05) is 13.0 Å². The van der Waals surface area contributed by atoms with Crippen molar-refractivity contribution >= 4 is 0 Å². The lowest BCUT2D eigenvalue weighted by Gasteiger charge is -2.50. The van der Waals surface area contributed by atoms with Crippen molar-refractivity contribution in [2.75, 3.05) is 7.04 Å². The zero-order valence-electron chi connectivity index (χ0n) is 16.0. The maximum absolute atomic E-state index is 10.5. The first-order valence-corrected chi connectivity index (χ1v) is 8.42. The topological polar surface area (TPSA) is 49.7 Å². The van der Waals surface area contributed by atoms with Gasteiger partial charge >= 0.3 is 0 Å². The highest BCUT2D eigenvalue weighted by atomic mass is 16.5. The van der Waals surface area contributed by atoms with Gasteiger partial charge in [0.2, 0.25) is 0 Å². The summed E-state index contributed by atoms with van der Waals surface area (Å²) in [6, 6.07) is 3.52. The third-order valence-electron chi connectivity index (χ3n) is 6.89. The molecule has 0 heterocycles. The Balaban J connectivity index is 1.71. The lowest BCUT2D eigenvalue weighted by atomic mass is 9.55. The summed E-state index contributed by atoms with van der Waals surface area (Å²) in [5.41, 5.74) is 2.02. The molecule has 4 rings (SSSR count). The Morgan fingerprint density at radius 2 is 2.14 bits per heavy atom. The van der Waals surface area contributed by atoms with E-state index in [2.05, 4.69) is 6.92 Å². The molecule has 22 heavy (non-hydrogen) atoms. The molecule has 0 saturated heterocycles. The molecule has 5 atom stereocenters. The van der Waals surface area contributed by atoms with E-state index in [1.54, 1.807) is 6.07 Å². The monoisotopic (exact) mass is 305 g/mol. The normalized spacial score (nSPS) is 42.4. The van der Waals surface area contributed by atoms with E-state index in [9.17, 15) is 10.2 Å². The van der Waals surface area contributed by atoms with Crippen molar-refractivity contribution in [3.8, 4) is 11.5 Å². The van der Waals surface area contributed by atoms with E-state index in [0.717, 1.165) is 49.7 Å². The number of fused-ring (bicyclic) bond motifs is 5. The highest BCUT2D eigenvalue weighted by molar-refractivity contribution is 5.52. The Morgan fingerprint density at radius 1 is 1.27 bits per heavy atom. The number of hydrogen-bond acceptors (Lipinski definition) is 3. The summed E-state index contributed by atoms with van der Waals surface area (Å²) in [6.45, 7) is 2.24. The highest BCUT2D eigenvalue weighted by Crippen LogP contribution is 2.61. The Hall–Kier alpha value is -1.22. The van der Waals surface area contributed by atoms with E-state index >= 15 is 0 Å². The second kappa shape index (κ2) is 4.89. The third kappa shape index (κ3) is 1.78. The van der Waals surface area contributed by atoms with Crippen LogP contribution >= 0.6 is 0 Å². The number of benzene rings is 1. The predicted molar refractivity (Wildman–Crippen MR) is 85.3 cm³/mol. The minimum absolute atomic E-state index is 0.0214. The van der Waals surface area contributed by atoms with E-state index in [1.807, 2.05) is 6.07 Å². The molecule has 3 heteroatoms. The number of aliphatic hydroxyl groups excluding tert-OH is 1. The van der Waals surface area contributed by atoms with E-state index in [4.69, 9.17) is 8.85 Å². The molecule has 2 N–H and O–H groups in total. The van der Waals surface area contributed by atoms with Crippen molar-refractivity contribution < 1.29 is 19.1 Å². The molecular formula is C19H26O3. The first-order chi connectivity index (χ1) is 11.7. The van der Waals surface area contributed by atoms with E-state index in [0.29, 0.717) is 17.8 Å². The lowest BCUT2D eigenvalue weighted by molar-refractivity contribution is -0.0227. The van der Waals surface area contributed by atoms with Gasteiger partial charge in [0.15, 0.2) is 11.5 Å². The molecule has 0 aliphatic heterocycles. The van der Waals surface area contributed by atoms with Crippen molar-refractivity contribution in [3.05, 3.63) is 23.3 Å². The number of phenolic OH excluding ortho intramolecular Hbond substituents is 1. The molecule has 2 fully saturated rings. The van der Waals surface area contributed by atoms with Gasteiger partial charge in [-0.05, 0) is 73.3 Å². The van der Waals surface area contributed by atoms with Crippen LogP contribution in [0.2, 0.25) is 0 Å². The molecule has 0 radical (unpaired) electrons. The van der Waals surface area contributed by atoms with Crippen LogP contribution < -0.4 is 4.74 Å². The van der Waals surface area contributed by atoms with Crippen LogP contribution in [0.5, 0.6) is 11.5 Å². The summed E-state index contributed by atoms with van der Waals surface area (Å²) in [5, 5.41) is 20.6. The number of aliphatic hydroxyl groups is 1. The lowest BCUT2D eigenvalue weighted by Crippen LogP contribution is -2.43. The minimum atomic E-state index is -2.57. The van der Waals surface area contributed by atoms with Gasteiger partial charge in [-0.3, -0.25) is 0 Å². The first kappa shape index (κ1) is 11.3. The molecule has 0 spiro atoms. The molecule has 3 aliphatic carbocycles. The van der Waals surface area contributed by atoms with Crippen LogP contribution in [-0.4, -0.2) is 23.4 Å². The van der Waals surface area contributed by atoms with Crippen LogP contribution in [0.3, 0.4) is 0 Å². The fourth-order valence-electron chi connectivity index (χ4n) is 5.71. The standard InChI is InChI=1S/C19H26O3/c1-19-10-9-12-11-5-7-16(20)18(22-2)14(11)4-3-13(12)15(19)6-8-17(19)21/h5,7,12-13,15,17,20-21H,3-4,6,8-10H2,1-2H3/t12-,13-,15+,17+,19+/m1/s1/i2D3. The molecule has 120 valence electrons. The summed E-state index contributed by atoms with van der Waals surface area (Å²) >= 11 is 0. The van der Waals surface area contributed by atoms with Crippen LogP contribution in [0, 0.1) is 17.3 Å². The van der Waals surface area contributed by atoms with Gasteiger partial charge in [0.1, 0.15) is 0 Å². The van der Waals surface area contributed by atoms with Gasteiger partial charge in [0.25, 0.3) is 0 Å². The SMILES string of the molecule is [2H]C([2H])([2H])Oc1c(O)ccc2c1CC[C@@H]1[C@@H]2CC[C@]2(C)[C@@H](O)CC[C@@H]12. The van der Waals surface area contributed by atoms with Gasteiger partial charge in [-0.2, -0.15) is 0 Å². The van der Waals surface area contributed by atoms with Gasteiger partial charge in [-0.15, -0.1) is 0 Å². The fraction of sp³-hybridized carbons (Fsp3) is 0.684. The van der Waals surface area contributed by atoms with Crippen LogP contribution in [0.15, 0.2) is 12.1 Å². The zero-order chi connectivity index (χ0) is 18.0. The molecule has 1 aromatic rings. The quantitative estimate of drug-likeness (QED) is 0.833. The van der Waals surface area contributed by atoms with E-state index in [1.165, 1.54) is 0 Å². The summed E-state index contributed by atoms with van der Waals surface area (Å²) in [4.78, 5) is 0. The molecule has 0 aromatic heterocycles. The predicted octanol–water partition coefficient (Wildman–Crippen LogP) is 3.62. The molecule has 1 aromatic carbocycles. The van der Waals surface area contributed by atoms with Gasteiger partial charge < -0.3 is 14.9 Å². The largest absolute Gasteiger partial charge is 0.504 e. The van der Waals surface area contributed by atoms with Crippen LogP contribution in [-0.2, 0) is 6.42 Å². The third-order valence-corrected chi connectivity index (χ3v) is 6.89. The number of rotatable bonds is 1. The second-order valence-corrected chi connectivity index (χ2v) is 7.64. The summed E-state index contributed by atoms with van der Waals surface area (Å²) < 4.78 is 27.3. The zero-order valence-corrected chi connectivity index (χ0v) is 13.0. The Labute approximate surface area is 136 Å². The van der Waals surface area contributed by atoms with Crippen molar-refractivity contribution in [1.82, 2.24) is 0 Å². The maximum atomic E-state index is 10.5. The number of aromatic hydroxyl groups is 1. The number of ether oxygens (including phenoxy) is 1. The average Bonchev–Trinajstić information content (AvgIpc) is 2.84. The summed E-state index contributed by atoms with van der Waals surface area (Å²) in [5.74, 6) is 1.46. The van der Waals surface area contributed by atoms with E-state index in [-0.39, 0.29) is 23.0 Å². The van der Waals surface area contributed by atoms with Gasteiger partial charge in [0, 0.05) is 5.56 Å². The highest BCUT2D eigenvalue weighted by Gasteiger charge is 2.54. The van der Waals surface area contributed by atoms with Crippen molar-refractivity contribution in [3.63, 3.8) is 0 Å². The van der Waals surface area contributed by atoms with Crippen LogP contribution in [0.1, 0.15) is 60.2 Å². The number of methoxy groups -OCH3 is 1. The Morgan fingerprint density at radius 3 is 2.95 bits per heavy atom. The number of hydrogen-bond donors (Lipinski definition) is 2. The fourth-order valence-corrected chi connectivity index (χ4v) is 5.71. The van der Waals surface area contributed by atoms with Crippen molar-refractivity contribution in [2.45, 2.75) is 57.5 Å². The summed E-state index contributed by atoms with van der Waals surface area (Å²) in [6.07, 6.45) is 5.44. The molecule has 0 amide bonds. The first-order valence-electron chi connectivity index (χ1n) is 9.92. The molecular weight excluding hydrogens is 276 g/mol. The van der Waals surface area contributed by atoms with E-state index < -0.39 is 7.04 Å². The molecule has 0 bridgehead atoms. The maximum Gasteiger partial charge on any atom is 0.163 e. The molecule has 2 saturated carbocycles. The van der Waals surface area contributed by atoms with Gasteiger partial charge in [0.05, 0.1) is 17.3 Å². The minimum Gasteiger partial charge on any atom is -0.504 e. The van der Waals surface area contributed by atoms with Crippen molar-refractivity contribution in [1.29, 1.82) is 0 Å². The number of phenols is 1. The summed E-state index contributed by atoms with van der Waals surface area (Å²) in [7, 11) is -2.57. The molecule has 3 nitrogen and oxygen atoms in total. The molecule has 3 aliphatic rings. The molecule has 0 unspecified atom stereocenters. The average molecular weight is 305 g/mol. The van der Waals surface area contributed by atoms with Crippen LogP contribution in [0.25, 0.3) is 0 Å². The Bertz CT molecular complexity index is 687. The van der Waals surface area contributed by atoms with Crippen LogP contribution in [0.4, 0.5) is 0 Å².